The maximum Gasteiger partial charge on any atom is 0.223 e. The molecule has 0 aliphatic carbocycles. The Morgan fingerprint density at radius 2 is 1.64 bits per heavy atom. The van der Waals surface area contributed by atoms with Crippen LogP contribution in [0, 0.1) is 19.3 Å². The van der Waals surface area contributed by atoms with Crippen LogP contribution in [0.25, 0.3) is 0 Å². The number of aromatic amines is 1. The van der Waals surface area contributed by atoms with Gasteiger partial charge in [0.05, 0.1) is 12.3 Å². The van der Waals surface area contributed by atoms with E-state index in [4.69, 9.17) is 16.3 Å². The fourth-order valence-electron chi connectivity index (χ4n) is 5.19. The summed E-state index contributed by atoms with van der Waals surface area (Å²) in [7, 11) is 2.09. The third kappa shape index (κ3) is 6.59. The van der Waals surface area contributed by atoms with Crippen LogP contribution in [-0.4, -0.2) is 89.6 Å². The Morgan fingerprint density at radius 3 is 2.25 bits per heavy atom. The van der Waals surface area contributed by atoms with Gasteiger partial charge in [0.15, 0.2) is 0 Å². The summed E-state index contributed by atoms with van der Waals surface area (Å²) in [5.41, 5.74) is 2.82. The van der Waals surface area contributed by atoms with Crippen molar-refractivity contribution in [3.8, 4) is 5.75 Å². The van der Waals surface area contributed by atoms with Crippen LogP contribution in [0.3, 0.4) is 0 Å². The molecular weight excluding hydrogens is 478 g/mol. The lowest BCUT2D eigenvalue weighted by Crippen LogP contribution is -2.51. The van der Waals surface area contributed by atoms with Gasteiger partial charge >= 0.3 is 0 Å². The van der Waals surface area contributed by atoms with Gasteiger partial charge < -0.3 is 19.4 Å². The van der Waals surface area contributed by atoms with E-state index >= 15 is 0 Å². The van der Waals surface area contributed by atoms with Gasteiger partial charge in [0.25, 0.3) is 0 Å². The number of carbonyl (C=O) groups excluding carboxylic acids is 2. The third-order valence-electron chi connectivity index (χ3n) is 7.79. The number of aromatic nitrogens is 2. The number of ether oxygens (including phenoxy) is 1. The van der Waals surface area contributed by atoms with Gasteiger partial charge in [0.2, 0.25) is 11.8 Å². The molecule has 0 radical (unpaired) electrons. The molecular formula is C27H38ClN5O3. The van der Waals surface area contributed by atoms with Crippen LogP contribution < -0.4 is 4.74 Å². The zero-order chi connectivity index (χ0) is 25.7. The van der Waals surface area contributed by atoms with E-state index < -0.39 is 0 Å². The summed E-state index contributed by atoms with van der Waals surface area (Å²) in [6, 6.07) is 7.33. The number of H-pyrrole nitrogens is 1. The highest BCUT2D eigenvalue weighted by molar-refractivity contribution is 6.30. The minimum atomic E-state index is -0.297. The number of halogens is 1. The van der Waals surface area contributed by atoms with Gasteiger partial charge in [-0.3, -0.25) is 14.7 Å². The number of hydrogen-bond donors (Lipinski definition) is 1. The third-order valence-corrected chi connectivity index (χ3v) is 8.04. The Bertz CT molecular complexity index is 1020. The molecule has 1 aromatic carbocycles. The van der Waals surface area contributed by atoms with E-state index in [9.17, 15) is 9.59 Å². The van der Waals surface area contributed by atoms with E-state index in [0.29, 0.717) is 44.0 Å². The first-order valence-electron chi connectivity index (χ1n) is 12.9. The number of nitrogens with zero attached hydrogens (tertiary/aromatic N) is 4. The van der Waals surface area contributed by atoms with E-state index in [1.807, 2.05) is 47.9 Å². The lowest BCUT2D eigenvalue weighted by molar-refractivity contribution is -0.139. The van der Waals surface area contributed by atoms with Crippen molar-refractivity contribution in [2.45, 2.75) is 46.0 Å². The van der Waals surface area contributed by atoms with Gasteiger partial charge in [0.1, 0.15) is 5.75 Å². The molecule has 2 aliphatic rings. The van der Waals surface area contributed by atoms with Crippen molar-refractivity contribution in [1.82, 2.24) is 24.9 Å². The molecule has 2 fully saturated rings. The molecule has 2 aromatic rings. The first-order chi connectivity index (χ1) is 17.2. The second-order valence-corrected chi connectivity index (χ2v) is 10.8. The number of piperidine rings is 1. The highest BCUT2D eigenvalue weighted by Gasteiger charge is 2.40. The number of piperazine rings is 1. The molecule has 9 heteroatoms. The number of carbonyl (C=O) groups is 2. The smallest absolute Gasteiger partial charge is 0.223 e. The lowest BCUT2D eigenvalue weighted by atomic mass is 9.75. The molecule has 0 atom stereocenters. The second-order valence-electron chi connectivity index (χ2n) is 10.4. The van der Waals surface area contributed by atoms with Crippen molar-refractivity contribution in [2.24, 2.45) is 5.41 Å². The Hall–Kier alpha value is -2.58. The van der Waals surface area contributed by atoms with Crippen LogP contribution >= 0.6 is 11.6 Å². The number of aryl methyl sites for hydroxylation is 2. The molecule has 0 spiro atoms. The molecule has 3 heterocycles. The van der Waals surface area contributed by atoms with Crippen LogP contribution in [0.2, 0.25) is 5.02 Å². The summed E-state index contributed by atoms with van der Waals surface area (Å²) in [4.78, 5) is 32.5. The summed E-state index contributed by atoms with van der Waals surface area (Å²) < 4.78 is 6.18. The summed E-state index contributed by atoms with van der Waals surface area (Å²) in [6.07, 6.45) is 3.09. The molecule has 2 amide bonds. The van der Waals surface area contributed by atoms with Crippen LogP contribution in [-0.2, 0) is 16.0 Å². The van der Waals surface area contributed by atoms with Crippen molar-refractivity contribution < 1.29 is 14.3 Å². The van der Waals surface area contributed by atoms with E-state index in [0.717, 1.165) is 61.7 Å². The number of rotatable bonds is 8. The Balaban J connectivity index is 1.38. The zero-order valence-corrected chi connectivity index (χ0v) is 22.4. The molecule has 0 unspecified atom stereocenters. The molecule has 2 aliphatic heterocycles. The van der Waals surface area contributed by atoms with Crippen LogP contribution in [0.4, 0.5) is 0 Å². The molecule has 196 valence electrons. The number of benzene rings is 1. The van der Waals surface area contributed by atoms with E-state index in [-0.39, 0.29) is 17.2 Å². The van der Waals surface area contributed by atoms with Crippen molar-refractivity contribution in [2.75, 3.05) is 52.9 Å². The fraction of sp³-hybridized carbons (Fsp3) is 0.593. The average molecular weight is 516 g/mol. The highest BCUT2D eigenvalue weighted by Crippen LogP contribution is 2.37. The zero-order valence-electron chi connectivity index (χ0n) is 21.7. The summed E-state index contributed by atoms with van der Waals surface area (Å²) in [5.74, 6) is 1.09. The number of amides is 2. The summed E-state index contributed by atoms with van der Waals surface area (Å²) in [5, 5.41) is 7.89. The van der Waals surface area contributed by atoms with E-state index in [1.54, 1.807) is 0 Å². The van der Waals surface area contributed by atoms with Gasteiger partial charge in [-0.2, -0.15) is 5.10 Å². The predicted molar refractivity (Wildman–Crippen MR) is 140 cm³/mol. The largest absolute Gasteiger partial charge is 0.493 e. The molecule has 1 aromatic heterocycles. The predicted octanol–water partition coefficient (Wildman–Crippen LogP) is 3.46. The summed E-state index contributed by atoms with van der Waals surface area (Å²) >= 11 is 6.02. The molecule has 2 saturated heterocycles. The second kappa shape index (κ2) is 11.6. The van der Waals surface area contributed by atoms with E-state index in [1.165, 1.54) is 0 Å². The Morgan fingerprint density at radius 1 is 1.00 bits per heavy atom. The van der Waals surface area contributed by atoms with Crippen LogP contribution in [0.1, 0.15) is 42.6 Å². The SMILES string of the molecule is Cc1n[nH]c(C)c1CCC(=O)N1CCC(COc2ccc(Cl)cc2)(CC(=O)N2CCN(C)CC2)CC1. The van der Waals surface area contributed by atoms with Gasteiger partial charge in [-0.15, -0.1) is 0 Å². The molecule has 36 heavy (non-hydrogen) atoms. The average Bonchev–Trinajstić information content (AvgIpc) is 3.20. The van der Waals surface area contributed by atoms with Crippen molar-refractivity contribution in [1.29, 1.82) is 0 Å². The van der Waals surface area contributed by atoms with Gasteiger partial charge in [-0.25, -0.2) is 0 Å². The Labute approximate surface area is 218 Å². The number of nitrogens with one attached hydrogen (secondary N) is 1. The van der Waals surface area contributed by atoms with Crippen LogP contribution in [0.15, 0.2) is 24.3 Å². The van der Waals surface area contributed by atoms with Gasteiger partial charge in [-0.05, 0) is 70.0 Å². The fourth-order valence-corrected chi connectivity index (χ4v) is 5.32. The summed E-state index contributed by atoms with van der Waals surface area (Å²) in [6.45, 7) is 9.02. The molecule has 8 nitrogen and oxygen atoms in total. The maximum absolute atomic E-state index is 13.3. The minimum absolute atomic E-state index is 0.160. The minimum Gasteiger partial charge on any atom is -0.493 e. The highest BCUT2D eigenvalue weighted by atomic mass is 35.5. The van der Waals surface area contributed by atoms with Crippen molar-refractivity contribution in [3.63, 3.8) is 0 Å². The number of hydrogen-bond acceptors (Lipinski definition) is 5. The molecule has 1 N–H and O–H groups in total. The molecule has 0 saturated carbocycles. The maximum atomic E-state index is 13.3. The number of likely N-dealkylation sites (tertiary alicyclic amines) is 1. The van der Waals surface area contributed by atoms with Gasteiger partial charge in [-0.1, -0.05) is 11.6 Å². The normalized spacial score (nSPS) is 18.3. The quantitative estimate of drug-likeness (QED) is 0.582. The van der Waals surface area contributed by atoms with Crippen molar-refractivity contribution >= 4 is 23.4 Å². The Kier molecular flexibility index (Phi) is 8.57. The lowest BCUT2D eigenvalue weighted by Gasteiger charge is -2.43. The molecule has 0 bridgehead atoms. The first-order valence-corrected chi connectivity index (χ1v) is 13.3. The molecule has 4 rings (SSSR count). The van der Waals surface area contributed by atoms with Gasteiger partial charge in [0, 0.05) is 68.2 Å². The number of likely N-dealkylation sites (N-methyl/N-ethyl adjacent to an activating group) is 1. The monoisotopic (exact) mass is 515 g/mol. The first kappa shape index (κ1) is 26.5. The van der Waals surface area contributed by atoms with Crippen molar-refractivity contribution in [3.05, 3.63) is 46.2 Å². The topological polar surface area (TPSA) is 81.8 Å². The standard InChI is InChI=1S/C27H38ClN5O3/c1-20-24(21(2)30-29-20)8-9-25(34)32-12-10-27(11-13-32,19-36-23-6-4-22(28)5-7-23)18-26(35)33-16-14-31(3)15-17-33/h4-7H,8-19H2,1-3H3,(H,29,30). The van der Waals surface area contributed by atoms with E-state index in [2.05, 4.69) is 22.1 Å². The van der Waals surface area contributed by atoms with Crippen LogP contribution in [0.5, 0.6) is 5.75 Å².